The van der Waals surface area contributed by atoms with Crippen LogP contribution in [0.2, 0.25) is 32.7 Å². The second kappa shape index (κ2) is 30.3. The molecule has 0 aliphatic carbocycles. The SMILES string of the molecule is COC(=O)Oc1ccc(C(C)(C)c2ccc(OC(=O)OCCc3ccc(N(c4ccccc4)c4ccc(-c5ccc(N(c6ccccc6)c6ccc(C)cc6)cc5)cc4)cc3)cc2)cc1.C[Si](C)(C)c1ccccc1.C[Si](C)(c1ccccc1)c1ccccc1. The number of nitrogens with zero attached hydrogens (tertiary/aromatic N) is 2. The molecule has 0 saturated carbocycles. The van der Waals surface area contributed by atoms with Crippen LogP contribution < -0.4 is 34.8 Å². The van der Waals surface area contributed by atoms with Gasteiger partial charge in [0.05, 0.1) is 21.8 Å². The van der Waals surface area contributed by atoms with Crippen LogP contribution in [0.5, 0.6) is 11.5 Å². The zero-order valence-corrected chi connectivity index (χ0v) is 55.0. The summed E-state index contributed by atoms with van der Waals surface area (Å²) in [6, 6.07) is 102. The van der Waals surface area contributed by atoms with Crippen LogP contribution in [0.25, 0.3) is 11.1 Å². The standard InChI is InChI=1S/C57H50N2O6.C14H16Si.C9H14Si/c1-41-15-27-49(28-16-41)58(47-11-7-5-8-12-47)51-31-19-43(20-32-51)44-21-33-52(34-22-44)59(48-13-9-6-10-14-48)50-29-17-42(18-30-50)39-40-63-56(61)65-54-37-25-46(26-38-54)57(2,3)45-23-35-53(36-24-45)64-55(60)62-4;1-15(2,13-9-5-3-6-10-13)14-11-7-4-8-12-14;1-10(2,3)9-7-5-4-6-8-9/h5-38H,39-40H2,1-4H3;3-12H,1-2H3;4-8H,1-3H3. The minimum atomic E-state index is -1.46. The molecule has 0 aromatic heterocycles. The highest BCUT2D eigenvalue weighted by Gasteiger charge is 2.26. The summed E-state index contributed by atoms with van der Waals surface area (Å²) in [5.41, 5.74) is 12.5. The van der Waals surface area contributed by atoms with Crippen LogP contribution in [0.15, 0.2) is 297 Å². The Balaban J connectivity index is 0.000000315. The number of aryl methyl sites for hydroxylation is 1. The molecule has 0 heterocycles. The molecule has 0 aliphatic rings. The Labute approximate surface area is 534 Å². The molecule has 0 saturated heterocycles. The summed E-state index contributed by atoms with van der Waals surface area (Å²) in [5.74, 6) is 0.782. The molecule has 0 unspecified atom stereocenters. The van der Waals surface area contributed by atoms with E-state index in [-0.39, 0.29) is 12.0 Å². The Morgan fingerprint density at radius 1 is 0.378 bits per heavy atom. The molecular formula is C80H80N2O6Si2. The number of hydrogen-bond acceptors (Lipinski definition) is 8. The first-order valence-electron chi connectivity index (χ1n) is 30.5. The van der Waals surface area contributed by atoms with E-state index in [1.54, 1.807) is 24.3 Å². The highest BCUT2D eigenvalue weighted by Crippen LogP contribution is 2.39. The summed E-state index contributed by atoms with van der Waals surface area (Å²) < 4.78 is 20.6. The van der Waals surface area contributed by atoms with Crippen molar-refractivity contribution in [1.29, 1.82) is 0 Å². The van der Waals surface area contributed by atoms with Gasteiger partial charge in [-0.2, -0.15) is 0 Å². The van der Waals surface area contributed by atoms with Crippen molar-refractivity contribution >= 4 is 78.1 Å². The first kappa shape index (κ1) is 64.5. The third kappa shape index (κ3) is 17.2. The number of ether oxygens (including phenoxy) is 4. The molecule has 8 nitrogen and oxygen atoms in total. The number of benzene rings is 11. The molecule has 90 heavy (non-hydrogen) atoms. The van der Waals surface area contributed by atoms with Crippen LogP contribution >= 0.6 is 0 Å². The maximum Gasteiger partial charge on any atom is 0.513 e. The van der Waals surface area contributed by atoms with E-state index in [1.807, 2.05) is 48.5 Å². The van der Waals surface area contributed by atoms with Gasteiger partial charge in [-0.1, -0.05) is 268 Å². The fourth-order valence-electron chi connectivity index (χ4n) is 10.5. The quantitative estimate of drug-likeness (QED) is 0.0507. The highest BCUT2D eigenvalue weighted by atomic mass is 28.3. The Morgan fingerprint density at radius 3 is 1.06 bits per heavy atom. The molecule has 0 radical (unpaired) electrons. The summed E-state index contributed by atoms with van der Waals surface area (Å²) in [7, 11) is -1.22. The topological polar surface area (TPSA) is 77.5 Å². The Hall–Kier alpha value is -10.0. The molecule has 11 rings (SSSR count). The van der Waals surface area contributed by atoms with Gasteiger partial charge in [-0.25, -0.2) is 9.59 Å². The van der Waals surface area contributed by atoms with Crippen molar-refractivity contribution in [2.24, 2.45) is 0 Å². The first-order chi connectivity index (χ1) is 43.5. The fourth-order valence-corrected chi connectivity index (χ4v) is 14.1. The minimum absolute atomic E-state index is 0.167. The second-order valence-corrected chi connectivity index (χ2v) is 33.6. The molecular weight excluding hydrogens is 1140 g/mol. The van der Waals surface area contributed by atoms with Gasteiger partial charge in [0.15, 0.2) is 0 Å². The van der Waals surface area contributed by atoms with E-state index in [4.69, 9.17) is 14.2 Å². The summed E-state index contributed by atoms with van der Waals surface area (Å²) in [6.45, 7) is 18.3. The summed E-state index contributed by atoms with van der Waals surface area (Å²) in [6.07, 6.45) is -1.01. The predicted molar refractivity (Wildman–Crippen MR) is 379 cm³/mol. The van der Waals surface area contributed by atoms with Crippen molar-refractivity contribution < 1.29 is 28.5 Å². The lowest BCUT2D eigenvalue weighted by molar-refractivity contribution is 0.100. The van der Waals surface area contributed by atoms with Gasteiger partial charge in [-0.3, -0.25) is 0 Å². The van der Waals surface area contributed by atoms with E-state index < -0.39 is 28.5 Å². The largest absolute Gasteiger partial charge is 0.513 e. The zero-order valence-electron chi connectivity index (χ0n) is 53.0. The molecule has 454 valence electrons. The van der Waals surface area contributed by atoms with Crippen LogP contribution in [0.3, 0.4) is 0 Å². The molecule has 0 fully saturated rings. The summed E-state index contributed by atoms with van der Waals surface area (Å²) in [4.78, 5) is 28.6. The van der Waals surface area contributed by atoms with E-state index in [9.17, 15) is 9.59 Å². The maximum atomic E-state index is 12.7. The van der Waals surface area contributed by atoms with E-state index in [1.165, 1.54) is 28.2 Å². The van der Waals surface area contributed by atoms with Crippen molar-refractivity contribution in [2.75, 3.05) is 23.5 Å². The monoisotopic (exact) mass is 1220 g/mol. The molecule has 0 N–H and O–H groups in total. The molecule has 0 bridgehead atoms. The van der Waals surface area contributed by atoms with Crippen LogP contribution in [0.1, 0.15) is 36.1 Å². The Bertz CT molecular complexity index is 3940. The second-order valence-electron chi connectivity index (χ2n) is 24.1. The lowest BCUT2D eigenvalue weighted by Gasteiger charge is -2.26. The number of anilines is 6. The lowest BCUT2D eigenvalue weighted by Crippen LogP contribution is -2.52. The van der Waals surface area contributed by atoms with E-state index in [0.717, 1.165) is 61.9 Å². The van der Waals surface area contributed by atoms with Crippen molar-refractivity contribution in [3.63, 3.8) is 0 Å². The van der Waals surface area contributed by atoms with Gasteiger partial charge in [0, 0.05) is 46.0 Å². The van der Waals surface area contributed by atoms with Gasteiger partial charge in [0.25, 0.3) is 0 Å². The molecule has 10 heteroatoms. The highest BCUT2D eigenvalue weighted by molar-refractivity contribution is 7.00. The molecule has 0 amide bonds. The van der Waals surface area contributed by atoms with Gasteiger partial charge < -0.3 is 28.7 Å². The third-order valence-corrected chi connectivity index (χ3v) is 21.7. The summed E-state index contributed by atoms with van der Waals surface area (Å²) in [5, 5.41) is 4.53. The average molecular weight is 1220 g/mol. The van der Waals surface area contributed by atoms with Gasteiger partial charge >= 0.3 is 12.3 Å². The predicted octanol–water partition coefficient (Wildman–Crippen LogP) is 19.6. The number of rotatable bonds is 17. The number of para-hydroxylation sites is 2. The molecule has 0 aliphatic heterocycles. The van der Waals surface area contributed by atoms with Crippen molar-refractivity contribution in [1.82, 2.24) is 0 Å². The number of carbonyl (C=O) groups excluding carboxylic acids is 2. The van der Waals surface area contributed by atoms with Crippen molar-refractivity contribution in [3.05, 3.63) is 320 Å². The van der Waals surface area contributed by atoms with Crippen molar-refractivity contribution in [2.45, 2.75) is 65.3 Å². The number of carbonyl (C=O) groups is 2. The third-order valence-electron chi connectivity index (χ3n) is 16.1. The molecule has 0 atom stereocenters. The first-order valence-corrected chi connectivity index (χ1v) is 37.0. The smallest absolute Gasteiger partial charge is 0.437 e. The van der Waals surface area contributed by atoms with Crippen LogP contribution in [-0.4, -0.2) is 42.2 Å². The van der Waals surface area contributed by atoms with Crippen molar-refractivity contribution in [3.8, 4) is 22.6 Å². The lowest BCUT2D eigenvalue weighted by atomic mass is 9.78. The maximum absolute atomic E-state index is 12.7. The fraction of sp³-hybridized carbons (Fsp3) is 0.150. The number of methoxy groups -OCH3 is 1. The minimum Gasteiger partial charge on any atom is -0.437 e. The normalized spacial score (nSPS) is 11.1. The van der Waals surface area contributed by atoms with Gasteiger partial charge in [0.1, 0.15) is 19.6 Å². The zero-order chi connectivity index (χ0) is 63.5. The summed E-state index contributed by atoms with van der Waals surface area (Å²) >= 11 is 0. The van der Waals surface area contributed by atoms with E-state index in [2.05, 4.69) is 292 Å². The Kier molecular flexibility index (Phi) is 21.7. The molecule has 11 aromatic carbocycles. The molecule has 0 spiro atoms. The molecule has 11 aromatic rings. The van der Waals surface area contributed by atoms with Gasteiger partial charge in [-0.05, 0) is 132 Å². The van der Waals surface area contributed by atoms with E-state index >= 15 is 0 Å². The van der Waals surface area contributed by atoms with Gasteiger partial charge in [-0.15, -0.1) is 0 Å². The van der Waals surface area contributed by atoms with Gasteiger partial charge in [0.2, 0.25) is 0 Å². The van der Waals surface area contributed by atoms with Crippen LogP contribution in [-0.2, 0) is 21.3 Å². The Morgan fingerprint density at radius 2 is 0.700 bits per heavy atom. The average Bonchev–Trinajstić information content (AvgIpc) is 1.63. The number of hydrogen-bond donors (Lipinski definition) is 0. The van der Waals surface area contributed by atoms with E-state index in [0.29, 0.717) is 17.9 Å². The van der Waals surface area contributed by atoms with Crippen LogP contribution in [0.4, 0.5) is 43.7 Å². The van der Waals surface area contributed by atoms with Crippen LogP contribution in [0, 0.1) is 6.92 Å².